The first-order valence-corrected chi connectivity index (χ1v) is 7.16. The molecule has 0 unspecified atom stereocenters. The van der Waals surface area contributed by atoms with Crippen LogP contribution in [0.1, 0.15) is 20.3 Å². The molecule has 1 aliphatic heterocycles. The number of thioether (sulfide) groups is 2. The summed E-state index contributed by atoms with van der Waals surface area (Å²) >= 11 is 7.71. The second kappa shape index (κ2) is 5.61. The first-order valence-electron chi connectivity index (χ1n) is 4.27. The van der Waals surface area contributed by atoms with Crippen LogP contribution in [0, 0.1) is 5.92 Å². The van der Waals surface area contributed by atoms with E-state index in [1.807, 2.05) is 0 Å². The Morgan fingerprint density at radius 2 is 2.08 bits per heavy atom. The molecule has 1 saturated heterocycles. The van der Waals surface area contributed by atoms with Crippen molar-refractivity contribution in [2.24, 2.45) is 5.92 Å². The first-order chi connectivity index (χ1) is 5.70. The van der Waals surface area contributed by atoms with Gasteiger partial charge in [-0.05, 0) is 35.3 Å². The highest BCUT2D eigenvalue weighted by Gasteiger charge is 2.19. The van der Waals surface area contributed by atoms with Gasteiger partial charge in [0.1, 0.15) is 0 Å². The van der Waals surface area contributed by atoms with Gasteiger partial charge in [-0.25, -0.2) is 0 Å². The van der Waals surface area contributed by atoms with Crippen molar-refractivity contribution in [1.29, 1.82) is 0 Å². The van der Waals surface area contributed by atoms with Crippen LogP contribution in [-0.4, -0.2) is 16.1 Å². The lowest BCUT2D eigenvalue weighted by Crippen LogP contribution is -2.13. The Labute approximate surface area is 92.1 Å². The van der Waals surface area contributed by atoms with Crippen molar-refractivity contribution < 1.29 is 0 Å². The molecular weight excluding hydrogens is 252 g/mol. The summed E-state index contributed by atoms with van der Waals surface area (Å²) in [6.45, 7) is 4.41. The predicted molar refractivity (Wildman–Crippen MR) is 65.2 cm³/mol. The molecule has 0 bridgehead atoms. The lowest BCUT2D eigenvalue weighted by molar-refractivity contribution is 0.802. The van der Waals surface area contributed by atoms with Crippen LogP contribution in [0.3, 0.4) is 0 Å². The van der Waals surface area contributed by atoms with Crippen LogP contribution in [0.25, 0.3) is 0 Å². The molecule has 0 nitrogen and oxygen atoms in total. The molecule has 0 radical (unpaired) electrons. The maximum absolute atomic E-state index is 3.48. The third-order valence-electron chi connectivity index (χ3n) is 1.77. The number of halogens is 1. The van der Waals surface area contributed by atoms with Gasteiger partial charge in [0.25, 0.3) is 0 Å². The van der Waals surface area contributed by atoms with Gasteiger partial charge in [-0.3, -0.25) is 0 Å². The van der Waals surface area contributed by atoms with E-state index in [0.717, 1.165) is 4.58 Å². The van der Waals surface area contributed by atoms with E-state index < -0.39 is 0 Å². The van der Waals surface area contributed by atoms with E-state index in [4.69, 9.17) is 0 Å². The van der Waals surface area contributed by atoms with E-state index in [-0.39, 0.29) is 0 Å². The van der Waals surface area contributed by atoms with Crippen LogP contribution < -0.4 is 0 Å². The summed E-state index contributed by atoms with van der Waals surface area (Å²) in [5.41, 5.74) is 0. The van der Waals surface area contributed by atoms with Gasteiger partial charge in [0.05, 0.1) is 4.58 Å². The van der Waals surface area contributed by atoms with Gasteiger partial charge >= 0.3 is 0 Å². The zero-order valence-corrected chi connectivity index (χ0v) is 10.8. The first kappa shape index (κ1) is 11.0. The van der Waals surface area contributed by atoms with Crippen molar-refractivity contribution in [2.75, 3.05) is 11.5 Å². The highest BCUT2D eigenvalue weighted by molar-refractivity contribution is 9.11. The fourth-order valence-electron chi connectivity index (χ4n) is 1.25. The van der Waals surface area contributed by atoms with Crippen molar-refractivity contribution in [3.63, 3.8) is 0 Å². The Kier molecular flexibility index (Phi) is 5.14. The lowest BCUT2D eigenvalue weighted by atomic mass is 10.2. The molecule has 1 fully saturated rings. The third kappa shape index (κ3) is 3.75. The van der Waals surface area contributed by atoms with Crippen LogP contribution in [0.5, 0.6) is 0 Å². The van der Waals surface area contributed by atoms with Gasteiger partial charge in [0, 0.05) is 0 Å². The van der Waals surface area contributed by atoms with E-state index in [1.165, 1.54) is 22.4 Å². The number of hydrogen-bond donors (Lipinski definition) is 0. The maximum Gasteiger partial charge on any atom is 0.0562 e. The second-order valence-corrected chi connectivity index (χ2v) is 7.12. The summed E-state index contributed by atoms with van der Waals surface area (Å²) in [4.78, 5) is 0. The summed E-state index contributed by atoms with van der Waals surface area (Å²) in [5.74, 6) is 3.38. The number of allylic oxidation sites excluding steroid dienone is 2. The fourth-order valence-corrected chi connectivity index (χ4v) is 4.66. The summed E-state index contributed by atoms with van der Waals surface area (Å²) in [6.07, 6.45) is 3.70. The third-order valence-corrected chi connectivity index (χ3v) is 5.42. The normalized spacial score (nSPS) is 24.1. The topological polar surface area (TPSA) is 0 Å². The second-order valence-electron chi connectivity index (χ2n) is 3.08. The largest absolute Gasteiger partial charge is 0.147 e. The van der Waals surface area contributed by atoms with E-state index in [2.05, 4.69) is 59.4 Å². The summed E-state index contributed by atoms with van der Waals surface area (Å²) < 4.78 is 2.05. The van der Waals surface area contributed by atoms with Gasteiger partial charge in [0.15, 0.2) is 0 Å². The van der Waals surface area contributed by atoms with Crippen molar-refractivity contribution in [3.05, 3.63) is 10.6 Å². The molecule has 0 saturated carbocycles. The van der Waals surface area contributed by atoms with E-state index in [0.29, 0.717) is 5.92 Å². The lowest BCUT2D eigenvalue weighted by Gasteiger charge is -2.24. The van der Waals surface area contributed by atoms with E-state index >= 15 is 0 Å². The molecule has 0 N–H and O–H groups in total. The minimum Gasteiger partial charge on any atom is -0.147 e. The molecule has 0 aromatic rings. The average molecular weight is 267 g/mol. The SMILES string of the molecule is C/C(Br)=C\[C@@H](C)C1SCCCS1. The predicted octanol–water partition coefficient (Wildman–Crippen LogP) is 4.12. The summed E-state index contributed by atoms with van der Waals surface area (Å²) in [7, 11) is 0. The number of rotatable bonds is 2. The molecule has 0 aromatic carbocycles. The molecular formula is C9H15BrS2. The minimum atomic E-state index is 0.694. The molecule has 0 aliphatic carbocycles. The summed E-state index contributed by atoms with van der Waals surface area (Å²) in [6, 6.07) is 0. The number of hydrogen-bond acceptors (Lipinski definition) is 2. The molecule has 1 heterocycles. The van der Waals surface area contributed by atoms with Crippen LogP contribution in [0.4, 0.5) is 0 Å². The molecule has 3 heteroatoms. The molecule has 70 valence electrons. The van der Waals surface area contributed by atoms with Crippen LogP contribution in [-0.2, 0) is 0 Å². The van der Waals surface area contributed by atoms with Crippen LogP contribution >= 0.6 is 39.5 Å². The Hall–Kier alpha value is 0.920. The van der Waals surface area contributed by atoms with Gasteiger partial charge in [-0.1, -0.05) is 28.9 Å². The molecule has 12 heavy (non-hydrogen) atoms. The summed E-state index contributed by atoms with van der Waals surface area (Å²) in [5, 5.41) is 0. The van der Waals surface area contributed by atoms with Crippen LogP contribution in [0.2, 0.25) is 0 Å². The molecule has 1 atom stereocenters. The van der Waals surface area contributed by atoms with Crippen molar-refractivity contribution in [1.82, 2.24) is 0 Å². The standard InChI is InChI=1S/C9H15BrS2/c1-7(6-8(2)10)9-11-4-3-5-12-9/h6-7,9H,3-5H2,1-2H3/b8-6+/t7-/m1/s1. The fraction of sp³-hybridized carbons (Fsp3) is 0.778. The van der Waals surface area contributed by atoms with Gasteiger partial charge in [-0.2, -0.15) is 0 Å². The molecule has 1 aliphatic rings. The van der Waals surface area contributed by atoms with Crippen molar-refractivity contribution in [2.45, 2.75) is 24.9 Å². The maximum atomic E-state index is 3.48. The smallest absolute Gasteiger partial charge is 0.0562 e. The molecule has 1 rings (SSSR count). The Balaban J connectivity index is 2.39. The van der Waals surface area contributed by atoms with Gasteiger partial charge in [-0.15, -0.1) is 23.5 Å². The van der Waals surface area contributed by atoms with Crippen molar-refractivity contribution >= 4 is 39.5 Å². The molecule has 0 spiro atoms. The molecule has 0 aromatic heterocycles. The van der Waals surface area contributed by atoms with Gasteiger partial charge < -0.3 is 0 Å². The average Bonchev–Trinajstić information content (AvgIpc) is 2.05. The zero-order chi connectivity index (χ0) is 8.97. The quantitative estimate of drug-likeness (QED) is 0.738. The Morgan fingerprint density at radius 1 is 1.50 bits per heavy atom. The zero-order valence-electron chi connectivity index (χ0n) is 7.55. The van der Waals surface area contributed by atoms with E-state index in [1.54, 1.807) is 0 Å². The highest BCUT2D eigenvalue weighted by Crippen LogP contribution is 2.36. The Bertz CT molecular complexity index is 158. The minimum absolute atomic E-state index is 0.694. The van der Waals surface area contributed by atoms with Crippen molar-refractivity contribution in [3.8, 4) is 0 Å². The highest BCUT2D eigenvalue weighted by atomic mass is 79.9. The monoisotopic (exact) mass is 266 g/mol. The van der Waals surface area contributed by atoms with E-state index in [9.17, 15) is 0 Å². The van der Waals surface area contributed by atoms with Crippen LogP contribution in [0.15, 0.2) is 10.6 Å². The Morgan fingerprint density at radius 3 is 2.58 bits per heavy atom. The molecule has 0 amide bonds. The van der Waals surface area contributed by atoms with Gasteiger partial charge in [0.2, 0.25) is 0 Å².